The summed E-state index contributed by atoms with van der Waals surface area (Å²) in [4.78, 5) is 4.36. The van der Waals surface area contributed by atoms with E-state index in [0.717, 1.165) is 28.1 Å². The van der Waals surface area contributed by atoms with Crippen molar-refractivity contribution in [1.82, 2.24) is 20.0 Å². The maximum absolute atomic E-state index is 4.36. The van der Waals surface area contributed by atoms with E-state index in [1.165, 1.54) is 0 Å². The zero-order valence-electron chi connectivity index (χ0n) is 9.75. The van der Waals surface area contributed by atoms with Crippen molar-refractivity contribution in [3.05, 3.63) is 47.8 Å². The van der Waals surface area contributed by atoms with E-state index in [9.17, 15) is 0 Å². The van der Waals surface area contributed by atoms with Crippen LogP contribution in [0.15, 0.2) is 36.4 Å². The number of aromatic nitrogens is 4. The first-order chi connectivity index (χ1) is 8.24. The Balaban J connectivity index is 2.27. The minimum Gasteiger partial charge on any atom is -0.258 e. The third kappa shape index (κ3) is 1.67. The number of hydrogen-bond donors (Lipinski definition) is 0. The van der Waals surface area contributed by atoms with Crippen LogP contribution < -0.4 is 0 Å². The van der Waals surface area contributed by atoms with Crippen LogP contribution in [0, 0.1) is 13.8 Å². The molecule has 84 valence electrons. The highest BCUT2D eigenvalue weighted by molar-refractivity contribution is 5.75. The molecule has 0 atom stereocenters. The van der Waals surface area contributed by atoms with Crippen molar-refractivity contribution in [1.29, 1.82) is 0 Å². The molecule has 0 aliphatic heterocycles. The van der Waals surface area contributed by atoms with E-state index in [2.05, 4.69) is 15.3 Å². The highest BCUT2D eigenvalue weighted by Crippen LogP contribution is 2.16. The molecule has 0 spiro atoms. The second kappa shape index (κ2) is 3.66. The summed E-state index contributed by atoms with van der Waals surface area (Å²) in [6, 6.07) is 11.9. The maximum atomic E-state index is 4.36. The molecular formula is C13H12N4. The standard InChI is InChI=1S/C13H12N4/c1-9-7-11(8-10(2)14-9)17-13-6-4-3-5-12(13)15-16-17/h3-8H,1-2H3. The molecular weight excluding hydrogens is 212 g/mol. The number of pyridine rings is 1. The van der Waals surface area contributed by atoms with E-state index in [-0.39, 0.29) is 0 Å². The summed E-state index contributed by atoms with van der Waals surface area (Å²) >= 11 is 0. The van der Waals surface area contributed by atoms with Crippen molar-refractivity contribution in [2.45, 2.75) is 13.8 Å². The molecule has 3 aromatic rings. The molecule has 0 saturated carbocycles. The van der Waals surface area contributed by atoms with Crippen molar-refractivity contribution < 1.29 is 0 Å². The lowest BCUT2D eigenvalue weighted by Gasteiger charge is -2.04. The molecule has 17 heavy (non-hydrogen) atoms. The number of fused-ring (bicyclic) bond motifs is 1. The summed E-state index contributed by atoms with van der Waals surface area (Å²) in [5.74, 6) is 0. The van der Waals surface area contributed by atoms with Gasteiger partial charge in [0.25, 0.3) is 0 Å². The van der Waals surface area contributed by atoms with E-state index >= 15 is 0 Å². The van der Waals surface area contributed by atoms with E-state index in [0.29, 0.717) is 0 Å². The third-order valence-electron chi connectivity index (χ3n) is 2.66. The van der Waals surface area contributed by atoms with Gasteiger partial charge in [0.2, 0.25) is 0 Å². The van der Waals surface area contributed by atoms with Crippen LogP contribution >= 0.6 is 0 Å². The Morgan fingerprint density at radius 3 is 2.47 bits per heavy atom. The summed E-state index contributed by atoms with van der Waals surface area (Å²) in [6.45, 7) is 3.96. The number of benzene rings is 1. The highest BCUT2D eigenvalue weighted by Gasteiger charge is 2.06. The molecule has 4 nitrogen and oxygen atoms in total. The van der Waals surface area contributed by atoms with Crippen LogP contribution in [0.1, 0.15) is 11.4 Å². The minimum atomic E-state index is 0.902. The van der Waals surface area contributed by atoms with Gasteiger partial charge in [0.05, 0.1) is 11.2 Å². The van der Waals surface area contributed by atoms with E-state index in [1.807, 2.05) is 54.9 Å². The maximum Gasteiger partial charge on any atom is 0.113 e. The predicted octanol–water partition coefficient (Wildman–Crippen LogP) is 2.43. The molecule has 0 radical (unpaired) electrons. The molecule has 2 heterocycles. The Kier molecular flexibility index (Phi) is 2.14. The van der Waals surface area contributed by atoms with Crippen LogP contribution in [0.25, 0.3) is 16.7 Å². The molecule has 1 aromatic carbocycles. The zero-order valence-corrected chi connectivity index (χ0v) is 9.75. The van der Waals surface area contributed by atoms with Gasteiger partial charge in [-0.25, -0.2) is 4.68 Å². The van der Waals surface area contributed by atoms with Crippen LogP contribution in [0.2, 0.25) is 0 Å². The zero-order chi connectivity index (χ0) is 11.8. The molecule has 2 aromatic heterocycles. The monoisotopic (exact) mass is 224 g/mol. The lowest BCUT2D eigenvalue weighted by Crippen LogP contribution is -1.99. The summed E-state index contributed by atoms with van der Waals surface area (Å²) in [6.07, 6.45) is 0. The molecule has 0 unspecified atom stereocenters. The average Bonchev–Trinajstić information content (AvgIpc) is 2.71. The largest absolute Gasteiger partial charge is 0.258 e. The Morgan fingerprint density at radius 2 is 1.71 bits per heavy atom. The Morgan fingerprint density at radius 1 is 1.00 bits per heavy atom. The average molecular weight is 224 g/mol. The fraction of sp³-hybridized carbons (Fsp3) is 0.154. The number of para-hydroxylation sites is 1. The van der Waals surface area contributed by atoms with Crippen LogP contribution in [0.5, 0.6) is 0 Å². The second-order valence-corrected chi connectivity index (χ2v) is 4.10. The summed E-state index contributed by atoms with van der Waals surface area (Å²) < 4.78 is 1.84. The first-order valence-corrected chi connectivity index (χ1v) is 5.50. The van der Waals surface area contributed by atoms with Gasteiger partial charge in [-0.05, 0) is 38.1 Å². The number of nitrogens with zero attached hydrogens (tertiary/aromatic N) is 4. The fourth-order valence-electron chi connectivity index (χ4n) is 1.99. The highest BCUT2D eigenvalue weighted by atomic mass is 15.4. The topological polar surface area (TPSA) is 43.6 Å². The van der Waals surface area contributed by atoms with Gasteiger partial charge >= 0.3 is 0 Å². The van der Waals surface area contributed by atoms with Crippen LogP contribution in [0.4, 0.5) is 0 Å². The molecule has 0 bridgehead atoms. The van der Waals surface area contributed by atoms with Crippen molar-refractivity contribution >= 4 is 11.0 Å². The minimum absolute atomic E-state index is 0.902. The Bertz CT molecular complexity index is 664. The Labute approximate surface area is 98.9 Å². The van der Waals surface area contributed by atoms with Crippen LogP contribution in [-0.4, -0.2) is 20.0 Å². The van der Waals surface area contributed by atoms with Gasteiger partial charge in [-0.3, -0.25) is 4.98 Å². The Hall–Kier alpha value is -2.23. The van der Waals surface area contributed by atoms with Crippen LogP contribution in [0.3, 0.4) is 0 Å². The normalized spacial score (nSPS) is 10.9. The van der Waals surface area contributed by atoms with Gasteiger partial charge in [0.15, 0.2) is 0 Å². The number of rotatable bonds is 1. The summed E-state index contributed by atoms with van der Waals surface area (Å²) in [5.41, 5.74) is 4.89. The quantitative estimate of drug-likeness (QED) is 0.637. The van der Waals surface area contributed by atoms with Gasteiger partial charge in [-0.15, -0.1) is 5.10 Å². The first-order valence-electron chi connectivity index (χ1n) is 5.50. The van der Waals surface area contributed by atoms with Crippen molar-refractivity contribution in [3.63, 3.8) is 0 Å². The van der Waals surface area contributed by atoms with Gasteiger partial charge in [-0.1, -0.05) is 17.3 Å². The van der Waals surface area contributed by atoms with Crippen LogP contribution in [-0.2, 0) is 0 Å². The molecule has 0 aliphatic rings. The lowest BCUT2D eigenvalue weighted by atomic mass is 10.2. The molecule has 4 heteroatoms. The lowest BCUT2D eigenvalue weighted by molar-refractivity contribution is 0.819. The number of hydrogen-bond acceptors (Lipinski definition) is 3. The van der Waals surface area contributed by atoms with Gasteiger partial charge < -0.3 is 0 Å². The first kappa shape index (κ1) is 9.96. The number of aryl methyl sites for hydroxylation is 2. The van der Waals surface area contributed by atoms with Crippen molar-refractivity contribution in [2.75, 3.05) is 0 Å². The summed E-state index contributed by atoms with van der Waals surface area (Å²) in [7, 11) is 0. The van der Waals surface area contributed by atoms with E-state index in [4.69, 9.17) is 0 Å². The molecule has 0 amide bonds. The van der Waals surface area contributed by atoms with E-state index in [1.54, 1.807) is 0 Å². The van der Waals surface area contributed by atoms with Gasteiger partial charge in [-0.2, -0.15) is 0 Å². The molecule has 0 saturated heterocycles. The smallest absolute Gasteiger partial charge is 0.113 e. The third-order valence-corrected chi connectivity index (χ3v) is 2.66. The second-order valence-electron chi connectivity index (χ2n) is 4.10. The van der Waals surface area contributed by atoms with Gasteiger partial charge in [0.1, 0.15) is 5.52 Å². The van der Waals surface area contributed by atoms with Crippen molar-refractivity contribution in [2.24, 2.45) is 0 Å². The predicted molar refractivity (Wildman–Crippen MR) is 66.1 cm³/mol. The molecule has 0 N–H and O–H groups in total. The van der Waals surface area contributed by atoms with E-state index < -0.39 is 0 Å². The van der Waals surface area contributed by atoms with Crippen molar-refractivity contribution in [3.8, 4) is 5.69 Å². The molecule has 0 aliphatic carbocycles. The van der Waals surface area contributed by atoms with Gasteiger partial charge in [0, 0.05) is 11.4 Å². The molecule has 0 fully saturated rings. The summed E-state index contributed by atoms with van der Waals surface area (Å²) in [5, 5.41) is 8.33. The fourth-order valence-corrected chi connectivity index (χ4v) is 1.99. The SMILES string of the molecule is Cc1cc(-n2nnc3ccccc32)cc(C)n1. The molecule has 3 rings (SSSR count).